The zero-order valence-corrected chi connectivity index (χ0v) is 12.9. The zero-order chi connectivity index (χ0) is 13.5. The Morgan fingerprint density at radius 1 is 1.11 bits per heavy atom. The number of hydrogen-bond donors (Lipinski definition) is 1. The molecule has 0 aromatic rings. The first-order valence-electron chi connectivity index (χ1n) is 8.55. The van der Waals surface area contributed by atoms with Gasteiger partial charge in [0.1, 0.15) is 0 Å². The van der Waals surface area contributed by atoms with Gasteiger partial charge < -0.3 is 5.32 Å². The van der Waals surface area contributed by atoms with Crippen LogP contribution in [0.2, 0.25) is 0 Å². The highest BCUT2D eigenvalue weighted by molar-refractivity contribution is 5.09. The minimum atomic E-state index is 0.628. The van der Waals surface area contributed by atoms with Gasteiger partial charge in [-0.25, -0.2) is 0 Å². The smallest absolute Gasteiger partial charge is 0.0161 e. The van der Waals surface area contributed by atoms with Gasteiger partial charge in [0, 0.05) is 6.04 Å². The molecule has 0 heterocycles. The van der Waals surface area contributed by atoms with Gasteiger partial charge in [-0.1, -0.05) is 26.0 Å². The van der Waals surface area contributed by atoms with E-state index in [0.717, 1.165) is 30.7 Å². The Morgan fingerprint density at radius 3 is 2.05 bits per heavy atom. The van der Waals surface area contributed by atoms with Crippen LogP contribution in [-0.2, 0) is 0 Å². The summed E-state index contributed by atoms with van der Waals surface area (Å²) in [6.45, 7) is 9.92. The van der Waals surface area contributed by atoms with E-state index in [-0.39, 0.29) is 0 Å². The van der Waals surface area contributed by atoms with Gasteiger partial charge in [0.15, 0.2) is 0 Å². The van der Waals surface area contributed by atoms with E-state index in [4.69, 9.17) is 0 Å². The molecule has 19 heavy (non-hydrogen) atoms. The summed E-state index contributed by atoms with van der Waals surface area (Å²) >= 11 is 0. The molecule has 4 bridgehead atoms. The Balaban J connectivity index is 1.78. The normalized spacial score (nSPS) is 41.5. The van der Waals surface area contributed by atoms with Gasteiger partial charge in [0.25, 0.3) is 0 Å². The van der Waals surface area contributed by atoms with Crippen molar-refractivity contribution < 1.29 is 0 Å². The molecule has 4 aliphatic rings. The van der Waals surface area contributed by atoms with E-state index < -0.39 is 0 Å². The number of nitrogens with one attached hydrogen (secondary N) is 1. The van der Waals surface area contributed by atoms with Gasteiger partial charge in [-0.15, -0.1) is 0 Å². The van der Waals surface area contributed by atoms with Crippen LogP contribution >= 0.6 is 0 Å². The Morgan fingerprint density at radius 2 is 1.63 bits per heavy atom. The molecule has 4 rings (SSSR count). The topological polar surface area (TPSA) is 12.0 Å². The summed E-state index contributed by atoms with van der Waals surface area (Å²) in [6.07, 6.45) is 11.5. The molecule has 1 N–H and O–H groups in total. The first-order valence-corrected chi connectivity index (χ1v) is 8.55. The predicted molar refractivity (Wildman–Crippen MR) is 82.1 cm³/mol. The maximum absolute atomic E-state index is 4.28. The molecule has 4 saturated carbocycles. The fourth-order valence-electron chi connectivity index (χ4n) is 5.79. The van der Waals surface area contributed by atoms with Crippen LogP contribution in [0.1, 0.15) is 65.2 Å². The minimum Gasteiger partial charge on any atom is -0.313 e. The largest absolute Gasteiger partial charge is 0.313 e. The Labute approximate surface area is 119 Å². The molecule has 0 amide bonds. The molecule has 4 fully saturated rings. The summed E-state index contributed by atoms with van der Waals surface area (Å²) < 4.78 is 0. The van der Waals surface area contributed by atoms with Crippen LogP contribution in [0.5, 0.6) is 0 Å². The third kappa shape index (κ3) is 2.51. The summed E-state index contributed by atoms with van der Waals surface area (Å²) in [7, 11) is 0. The summed E-state index contributed by atoms with van der Waals surface area (Å²) in [5.41, 5.74) is 2.07. The van der Waals surface area contributed by atoms with Gasteiger partial charge in [0.05, 0.1) is 0 Å². The van der Waals surface area contributed by atoms with Crippen LogP contribution < -0.4 is 5.32 Å². The Kier molecular flexibility index (Phi) is 3.77. The van der Waals surface area contributed by atoms with Crippen LogP contribution in [0.3, 0.4) is 0 Å². The van der Waals surface area contributed by atoms with E-state index >= 15 is 0 Å². The third-order valence-electron chi connectivity index (χ3n) is 6.27. The van der Waals surface area contributed by atoms with Crippen molar-refractivity contribution in [3.8, 4) is 0 Å². The van der Waals surface area contributed by atoms with Crippen molar-refractivity contribution in [1.82, 2.24) is 5.32 Å². The highest BCUT2D eigenvalue weighted by Crippen LogP contribution is 2.61. The fraction of sp³-hybridized carbons (Fsp3) is 0.889. The molecule has 0 aromatic heterocycles. The van der Waals surface area contributed by atoms with Crippen molar-refractivity contribution in [2.75, 3.05) is 6.54 Å². The lowest BCUT2D eigenvalue weighted by atomic mass is 9.47. The Bertz CT molecular complexity index is 308. The average molecular weight is 261 g/mol. The van der Waals surface area contributed by atoms with E-state index in [1.807, 2.05) is 0 Å². The molecule has 1 unspecified atom stereocenters. The molecule has 1 nitrogen and oxygen atoms in total. The molecular weight excluding hydrogens is 230 g/mol. The second-order valence-corrected chi connectivity index (χ2v) is 7.70. The highest BCUT2D eigenvalue weighted by atomic mass is 14.9. The first kappa shape index (κ1) is 13.7. The van der Waals surface area contributed by atoms with Crippen LogP contribution in [0.25, 0.3) is 0 Å². The van der Waals surface area contributed by atoms with Gasteiger partial charge in [-0.2, -0.15) is 0 Å². The summed E-state index contributed by atoms with van der Waals surface area (Å²) in [4.78, 5) is 0. The SMILES string of the molecule is C=C(CC)CC(NCC)C12CC3CC(CC(C3)C1)C2. The lowest BCUT2D eigenvalue weighted by Crippen LogP contribution is -2.56. The Hall–Kier alpha value is -0.300. The van der Waals surface area contributed by atoms with Crippen molar-refractivity contribution in [2.45, 2.75) is 71.3 Å². The molecule has 0 aromatic carbocycles. The lowest BCUT2D eigenvalue weighted by molar-refractivity contribution is -0.0734. The summed E-state index contributed by atoms with van der Waals surface area (Å²) in [5, 5.41) is 3.84. The number of rotatable bonds is 6. The molecule has 0 radical (unpaired) electrons. The van der Waals surface area contributed by atoms with Gasteiger partial charge in [-0.3, -0.25) is 0 Å². The van der Waals surface area contributed by atoms with E-state index in [0.29, 0.717) is 11.5 Å². The molecule has 1 heteroatoms. The third-order valence-corrected chi connectivity index (χ3v) is 6.27. The lowest BCUT2D eigenvalue weighted by Gasteiger charge is -2.59. The van der Waals surface area contributed by atoms with Gasteiger partial charge in [0.2, 0.25) is 0 Å². The van der Waals surface area contributed by atoms with Gasteiger partial charge >= 0.3 is 0 Å². The van der Waals surface area contributed by atoms with Crippen molar-refractivity contribution in [3.05, 3.63) is 12.2 Å². The number of hydrogen-bond acceptors (Lipinski definition) is 1. The van der Waals surface area contributed by atoms with Crippen LogP contribution in [0.4, 0.5) is 0 Å². The minimum absolute atomic E-state index is 0.628. The van der Waals surface area contributed by atoms with E-state index in [1.54, 1.807) is 19.3 Å². The second-order valence-electron chi connectivity index (χ2n) is 7.70. The van der Waals surface area contributed by atoms with E-state index in [1.165, 1.54) is 31.3 Å². The van der Waals surface area contributed by atoms with Crippen LogP contribution in [-0.4, -0.2) is 12.6 Å². The fourth-order valence-corrected chi connectivity index (χ4v) is 5.79. The van der Waals surface area contributed by atoms with Crippen molar-refractivity contribution in [1.29, 1.82) is 0 Å². The van der Waals surface area contributed by atoms with Crippen molar-refractivity contribution in [3.63, 3.8) is 0 Å². The maximum Gasteiger partial charge on any atom is 0.0161 e. The van der Waals surface area contributed by atoms with E-state index in [9.17, 15) is 0 Å². The maximum atomic E-state index is 4.28. The molecule has 0 saturated heterocycles. The highest BCUT2D eigenvalue weighted by Gasteiger charge is 2.53. The first-order chi connectivity index (χ1) is 9.15. The average Bonchev–Trinajstić information content (AvgIpc) is 2.36. The molecule has 1 atom stereocenters. The predicted octanol–water partition coefficient (Wildman–Crippen LogP) is 4.54. The van der Waals surface area contributed by atoms with Crippen molar-refractivity contribution in [2.24, 2.45) is 23.2 Å². The van der Waals surface area contributed by atoms with Crippen LogP contribution in [0, 0.1) is 23.2 Å². The standard InChI is InChI=1S/C18H31N/c1-4-13(3)6-17(19-5-2)18-10-14-7-15(11-18)9-16(8-14)12-18/h14-17,19H,3-12H2,1-2H3. The second kappa shape index (κ2) is 5.24. The zero-order valence-electron chi connectivity index (χ0n) is 12.9. The molecular formula is C18H31N. The molecule has 108 valence electrons. The summed E-state index contributed by atoms with van der Waals surface area (Å²) in [6, 6.07) is 0.707. The van der Waals surface area contributed by atoms with E-state index in [2.05, 4.69) is 25.7 Å². The molecule has 0 spiro atoms. The molecule has 4 aliphatic carbocycles. The molecule has 0 aliphatic heterocycles. The van der Waals surface area contributed by atoms with Crippen LogP contribution in [0.15, 0.2) is 12.2 Å². The van der Waals surface area contributed by atoms with Crippen molar-refractivity contribution >= 4 is 0 Å². The quantitative estimate of drug-likeness (QED) is 0.692. The van der Waals surface area contributed by atoms with Gasteiger partial charge in [-0.05, 0) is 81.1 Å². The monoisotopic (exact) mass is 261 g/mol. The summed E-state index contributed by atoms with van der Waals surface area (Å²) in [5.74, 6) is 3.17.